The molecule has 0 aromatic carbocycles. The van der Waals surface area contributed by atoms with Crippen molar-refractivity contribution in [3.8, 4) is 18.4 Å². The number of nitrogens with zero attached hydrogens (tertiary/aromatic N) is 1. The highest BCUT2D eigenvalue weighted by Gasteiger charge is 2.18. The molecule has 0 aliphatic rings. The molecule has 4 nitrogen and oxygen atoms in total. The van der Waals surface area contributed by atoms with E-state index < -0.39 is 17.7 Å². The standard InChI is InChI=1S/C11H16N2O2/c1-5-6-7-9(8-12)13-10(14)15-11(2,3)4/h1,9H,6-7H2,2-4H3,(H,13,14)/t9-/m1/s1. The zero-order valence-corrected chi connectivity index (χ0v) is 9.33. The molecule has 0 aliphatic carbocycles. The molecule has 0 aromatic rings. The highest BCUT2D eigenvalue weighted by Crippen LogP contribution is 2.07. The summed E-state index contributed by atoms with van der Waals surface area (Å²) in [7, 11) is 0. The molecule has 82 valence electrons. The number of terminal acetylenes is 1. The van der Waals surface area contributed by atoms with Gasteiger partial charge >= 0.3 is 6.09 Å². The first kappa shape index (κ1) is 13.3. The maximum Gasteiger partial charge on any atom is 0.408 e. The lowest BCUT2D eigenvalue weighted by Crippen LogP contribution is -2.38. The van der Waals surface area contributed by atoms with Crippen molar-refractivity contribution in [3.05, 3.63) is 0 Å². The van der Waals surface area contributed by atoms with E-state index in [1.165, 1.54) is 0 Å². The van der Waals surface area contributed by atoms with Crippen molar-refractivity contribution in [1.29, 1.82) is 5.26 Å². The van der Waals surface area contributed by atoms with Crippen LogP contribution in [0.4, 0.5) is 4.79 Å². The Morgan fingerprint density at radius 1 is 1.60 bits per heavy atom. The molecular weight excluding hydrogens is 192 g/mol. The van der Waals surface area contributed by atoms with E-state index in [1.807, 2.05) is 6.07 Å². The van der Waals surface area contributed by atoms with Gasteiger partial charge in [-0.1, -0.05) is 0 Å². The minimum Gasteiger partial charge on any atom is -0.444 e. The number of hydrogen-bond acceptors (Lipinski definition) is 3. The van der Waals surface area contributed by atoms with Crippen molar-refractivity contribution in [1.82, 2.24) is 5.32 Å². The molecule has 1 N–H and O–H groups in total. The Bertz CT molecular complexity index is 291. The van der Waals surface area contributed by atoms with Crippen molar-refractivity contribution in [2.75, 3.05) is 0 Å². The first-order valence-corrected chi connectivity index (χ1v) is 4.71. The molecule has 0 bridgehead atoms. The van der Waals surface area contributed by atoms with Crippen LogP contribution in [0.3, 0.4) is 0 Å². The van der Waals surface area contributed by atoms with E-state index in [0.717, 1.165) is 0 Å². The Hall–Kier alpha value is -1.68. The number of amides is 1. The number of rotatable bonds is 3. The van der Waals surface area contributed by atoms with Gasteiger partial charge in [-0.2, -0.15) is 5.26 Å². The average molecular weight is 208 g/mol. The zero-order chi connectivity index (χ0) is 11.9. The third-order valence-corrected chi connectivity index (χ3v) is 1.42. The van der Waals surface area contributed by atoms with Gasteiger partial charge in [-0.3, -0.25) is 0 Å². The fourth-order valence-electron chi connectivity index (χ4n) is 0.846. The minimum atomic E-state index is -0.592. The molecule has 0 aliphatic heterocycles. The molecule has 0 radical (unpaired) electrons. The van der Waals surface area contributed by atoms with Gasteiger partial charge in [-0.15, -0.1) is 12.3 Å². The van der Waals surface area contributed by atoms with E-state index in [9.17, 15) is 4.79 Å². The van der Waals surface area contributed by atoms with Crippen molar-refractivity contribution in [3.63, 3.8) is 0 Å². The lowest BCUT2D eigenvalue weighted by atomic mass is 10.2. The number of carbonyl (C=O) groups excluding carboxylic acids is 1. The van der Waals surface area contributed by atoms with Crippen LogP contribution < -0.4 is 5.32 Å². The molecule has 0 aromatic heterocycles. The fraction of sp³-hybridized carbons (Fsp3) is 0.636. The molecule has 1 amide bonds. The highest BCUT2D eigenvalue weighted by molar-refractivity contribution is 5.68. The Balaban J connectivity index is 4.05. The summed E-state index contributed by atoms with van der Waals surface area (Å²) in [5, 5.41) is 11.2. The molecule has 0 saturated heterocycles. The van der Waals surface area contributed by atoms with Crippen LogP contribution in [0.25, 0.3) is 0 Å². The number of nitrogens with one attached hydrogen (secondary N) is 1. The van der Waals surface area contributed by atoms with Crippen LogP contribution >= 0.6 is 0 Å². The van der Waals surface area contributed by atoms with Crippen molar-refractivity contribution >= 4 is 6.09 Å². The lowest BCUT2D eigenvalue weighted by Gasteiger charge is -2.20. The molecule has 15 heavy (non-hydrogen) atoms. The van der Waals surface area contributed by atoms with Crippen LogP contribution in [0.15, 0.2) is 0 Å². The maximum atomic E-state index is 11.3. The monoisotopic (exact) mass is 208 g/mol. The fourth-order valence-corrected chi connectivity index (χ4v) is 0.846. The number of carbonyl (C=O) groups is 1. The van der Waals surface area contributed by atoms with Crippen LogP contribution in [0.2, 0.25) is 0 Å². The Kier molecular flexibility index (Phi) is 5.26. The molecule has 0 fully saturated rings. The van der Waals surface area contributed by atoms with E-state index >= 15 is 0 Å². The lowest BCUT2D eigenvalue weighted by molar-refractivity contribution is 0.0514. The third-order valence-electron chi connectivity index (χ3n) is 1.42. The summed E-state index contributed by atoms with van der Waals surface area (Å²) >= 11 is 0. The van der Waals surface area contributed by atoms with Gasteiger partial charge in [0.25, 0.3) is 0 Å². The van der Waals surface area contributed by atoms with Gasteiger partial charge in [0, 0.05) is 6.42 Å². The molecule has 0 unspecified atom stereocenters. The summed E-state index contributed by atoms with van der Waals surface area (Å²) in [6, 6.07) is 1.36. The summed E-state index contributed by atoms with van der Waals surface area (Å²) < 4.78 is 5.00. The molecule has 1 atom stereocenters. The van der Waals surface area contributed by atoms with Crippen LogP contribution in [0.5, 0.6) is 0 Å². The predicted molar refractivity (Wildman–Crippen MR) is 56.8 cm³/mol. The molecule has 0 saturated carbocycles. The topological polar surface area (TPSA) is 62.1 Å². The average Bonchev–Trinajstić information content (AvgIpc) is 2.09. The van der Waals surface area contributed by atoms with Crippen molar-refractivity contribution < 1.29 is 9.53 Å². The molecule has 0 spiro atoms. The largest absolute Gasteiger partial charge is 0.444 e. The Morgan fingerprint density at radius 2 is 2.20 bits per heavy atom. The summed E-state index contributed by atoms with van der Waals surface area (Å²) in [4.78, 5) is 11.3. The summed E-state index contributed by atoms with van der Waals surface area (Å²) in [6.07, 6.45) is 5.36. The highest BCUT2D eigenvalue weighted by atomic mass is 16.6. The molecular formula is C11H16N2O2. The van der Waals surface area contributed by atoms with Crippen LogP contribution in [0.1, 0.15) is 33.6 Å². The summed E-state index contributed by atoms with van der Waals surface area (Å²) in [6.45, 7) is 5.28. The second-order valence-electron chi connectivity index (χ2n) is 4.07. The Morgan fingerprint density at radius 3 is 2.60 bits per heavy atom. The second kappa shape index (κ2) is 5.93. The van der Waals surface area contributed by atoms with Gasteiger partial charge in [-0.05, 0) is 27.2 Å². The molecule has 4 heteroatoms. The van der Waals surface area contributed by atoms with Gasteiger partial charge in [0.1, 0.15) is 11.6 Å². The minimum absolute atomic E-state index is 0.437. The first-order chi connectivity index (χ1) is 6.89. The normalized spacial score (nSPS) is 12.1. The van der Waals surface area contributed by atoms with Gasteiger partial charge in [-0.25, -0.2) is 4.79 Å². The van der Waals surface area contributed by atoms with Gasteiger partial charge in [0.2, 0.25) is 0 Å². The van der Waals surface area contributed by atoms with E-state index in [4.69, 9.17) is 16.4 Å². The number of hydrogen-bond donors (Lipinski definition) is 1. The number of alkyl carbamates (subject to hydrolysis) is 1. The number of nitriles is 1. The summed E-state index contributed by atoms with van der Waals surface area (Å²) in [5.74, 6) is 2.41. The van der Waals surface area contributed by atoms with Crippen molar-refractivity contribution in [2.45, 2.75) is 45.3 Å². The van der Waals surface area contributed by atoms with Gasteiger partial charge < -0.3 is 10.1 Å². The first-order valence-electron chi connectivity index (χ1n) is 4.71. The molecule has 0 rings (SSSR count). The van der Waals surface area contributed by atoms with Gasteiger partial charge in [0.05, 0.1) is 6.07 Å². The maximum absolute atomic E-state index is 11.3. The Labute approximate surface area is 90.6 Å². The third kappa shape index (κ3) is 7.40. The van der Waals surface area contributed by atoms with Crippen LogP contribution in [-0.4, -0.2) is 17.7 Å². The van der Waals surface area contributed by atoms with E-state index in [0.29, 0.717) is 12.8 Å². The SMILES string of the molecule is C#CCC[C@H](C#N)NC(=O)OC(C)(C)C. The quantitative estimate of drug-likeness (QED) is 0.719. The predicted octanol–water partition coefficient (Wildman–Crippen LogP) is 1.82. The molecule has 0 heterocycles. The van der Waals surface area contributed by atoms with E-state index in [-0.39, 0.29) is 0 Å². The number of ether oxygens (including phenoxy) is 1. The summed E-state index contributed by atoms with van der Waals surface area (Å²) in [5.41, 5.74) is -0.559. The van der Waals surface area contributed by atoms with Crippen LogP contribution in [0, 0.1) is 23.7 Å². The zero-order valence-electron chi connectivity index (χ0n) is 9.33. The van der Waals surface area contributed by atoms with Crippen molar-refractivity contribution in [2.24, 2.45) is 0 Å². The van der Waals surface area contributed by atoms with E-state index in [1.54, 1.807) is 20.8 Å². The van der Waals surface area contributed by atoms with E-state index in [2.05, 4.69) is 11.2 Å². The van der Waals surface area contributed by atoms with Crippen LogP contribution in [-0.2, 0) is 4.74 Å². The smallest absolute Gasteiger partial charge is 0.408 e. The second-order valence-corrected chi connectivity index (χ2v) is 4.07. The van der Waals surface area contributed by atoms with Gasteiger partial charge in [0.15, 0.2) is 0 Å².